The van der Waals surface area contributed by atoms with Crippen molar-refractivity contribution in [2.24, 2.45) is 5.73 Å². The standard InChI is InChI=1S/C8H9BrClN3O/c1-4(7(11)14)13-8-6(10)2-5(9)3-12-8/h2-4H,1H3,(H2,11,14)(H,12,13). The minimum Gasteiger partial charge on any atom is -0.368 e. The number of nitrogens with two attached hydrogens (primary N) is 1. The molecule has 0 aliphatic heterocycles. The van der Waals surface area contributed by atoms with Gasteiger partial charge in [-0.05, 0) is 28.9 Å². The van der Waals surface area contributed by atoms with Crippen LogP contribution in [0.25, 0.3) is 0 Å². The highest BCUT2D eigenvalue weighted by Crippen LogP contribution is 2.23. The lowest BCUT2D eigenvalue weighted by Gasteiger charge is -2.11. The van der Waals surface area contributed by atoms with Crippen molar-refractivity contribution in [1.29, 1.82) is 0 Å². The Morgan fingerprint density at radius 2 is 2.43 bits per heavy atom. The fourth-order valence-electron chi connectivity index (χ4n) is 0.797. The van der Waals surface area contributed by atoms with E-state index in [9.17, 15) is 4.79 Å². The lowest BCUT2D eigenvalue weighted by atomic mass is 10.3. The second-order valence-corrected chi connectivity index (χ2v) is 4.08. The van der Waals surface area contributed by atoms with Crippen molar-refractivity contribution in [1.82, 2.24) is 4.98 Å². The van der Waals surface area contributed by atoms with Gasteiger partial charge < -0.3 is 11.1 Å². The number of primary amides is 1. The molecule has 14 heavy (non-hydrogen) atoms. The van der Waals surface area contributed by atoms with Crippen LogP contribution in [0.1, 0.15) is 6.92 Å². The van der Waals surface area contributed by atoms with Gasteiger partial charge in [-0.2, -0.15) is 0 Å². The Balaban J connectivity index is 2.82. The average molecular weight is 279 g/mol. The second kappa shape index (κ2) is 4.61. The predicted octanol–water partition coefficient (Wildman–Crippen LogP) is 1.78. The number of nitrogens with one attached hydrogen (secondary N) is 1. The van der Waals surface area contributed by atoms with E-state index >= 15 is 0 Å². The van der Waals surface area contributed by atoms with Gasteiger partial charge in [0.15, 0.2) is 0 Å². The van der Waals surface area contributed by atoms with E-state index in [4.69, 9.17) is 17.3 Å². The van der Waals surface area contributed by atoms with Gasteiger partial charge in [0, 0.05) is 10.7 Å². The van der Waals surface area contributed by atoms with Gasteiger partial charge in [0.1, 0.15) is 11.9 Å². The molecule has 0 saturated carbocycles. The number of rotatable bonds is 3. The van der Waals surface area contributed by atoms with Crippen LogP contribution in [0, 0.1) is 0 Å². The number of halogens is 2. The maximum atomic E-state index is 10.8. The molecule has 1 rings (SSSR count). The fraction of sp³-hybridized carbons (Fsp3) is 0.250. The summed E-state index contributed by atoms with van der Waals surface area (Å²) in [6.07, 6.45) is 1.59. The summed E-state index contributed by atoms with van der Waals surface area (Å²) in [4.78, 5) is 14.8. The van der Waals surface area contributed by atoms with Gasteiger partial charge in [-0.1, -0.05) is 11.6 Å². The molecule has 0 aromatic carbocycles. The summed E-state index contributed by atoms with van der Waals surface area (Å²) in [6, 6.07) is 1.19. The molecule has 0 radical (unpaired) electrons. The quantitative estimate of drug-likeness (QED) is 0.885. The maximum absolute atomic E-state index is 10.8. The van der Waals surface area contributed by atoms with E-state index in [1.54, 1.807) is 19.2 Å². The smallest absolute Gasteiger partial charge is 0.239 e. The number of pyridine rings is 1. The summed E-state index contributed by atoms with van der Waals surface area (Å²) in [5.74, 6) is -0.00745. The first-order valence-corrected chi connectivity index (χ1v) is 5.04. The molecule has 0 aliphatic carbocycles. The van der Waals surface area contributed by atoms with E-state index in [-0.39, 0.29) is 0 Å². The highest BCUT2D eigenvalue weighted by atomic mass is 79.9. The van der Waals surface area contributed by atoms with Crippen molar-refractivity contribution >= 4 is 39.3 Å². The van der Waals surface area contributed by atoms with Gasteiger partial charge in [0.25, 0.3) is 0 Å². The summed E-state index contributed by atoms with van der Waals surface area (Å²) in [5.41, 5.74) is 5.08. The molecule has 0 saturated heterocycles. The number of hydrogen-bond acceptors (Lipinski definition) is 3. The van der Waals surface area contributed by atoms with Crippen LogP contribution >= 0.6 is 27.5 Å². The van der Waals surface area contributed by atoms with Crippen molar-refractivity contribution in [2.75, 3.05) is 5.32 Å². The normalized spacial score (nSPS) is 12.2. The van der Waals surface area contributed by atoms with Crippen molar-refractivity contribution in [3.05, 3.63) is 21.8 Å². The third kappa shape index (κ3) is 2.85. The van der Waals surface area contributed by atoms with Crippen LogP contribution in [-0.4, -0.2) is 16.9 Å². The fourth-order valence-corrected chi connectivity index (χ4v) is 1.48. The third-order valence-corrected chi connectivity index (χ3v) is 2.31. The molecule has 3 N–H and O–H groups in total. The summed E-state index contributed by atoms with van der Waals surface area (Å²) in [5, 5.41) is 3.24. The molecule has 1 atom stereocenters. The van der Waals surface area contributed by atoms with E-state index in [2.05, 4.69) is 26.2 Å². The number of anilines is 1. The summed E-state index contributed by atoms with van der Waals surface area (Å²) in [7, 11) is 0. The zero-order valence-electron chi connectivity index (χ0n) is 7.42. The van der Waals surface area contributed by atoms with Gasteiger partial charge in [0.05, 0.1) is 5.02 Å². The Hall–Kier alpha value is -0.810. The molecule has 6 heteroatoms. The number of carbonyl (C=O) groups is 1. The molecular weight excluding hydrogens is 269 g/mol. The number of aromatic nitrogens is 1. The third-order valence-electron chi connectivity index (χ3n) is 1.59. The van der Waals surface area contributed by atoms with Gasteiger partial charge >= 0.3 is 0 Å². The van der Waals surface area contributed by atoms with Crippen molar-refractivity contribution in [3.8, 4) is 0 Å². The number of hydrogen-bond donors (Lipinski definition) is 2. The van der Waals surface area contributed by atoms with Gasteiger partial charge in [-0.15, -0.1) is 0 Å². The van der Waals surface area contributed by atoms with Crippen LogP contribution in [0.5, 0.6) is 0 Å². The molecule has 76 valence electrons. The first kappa shape index (κ1) is 11.3. The zero-order chi connectivity index (χ0) is 10.7. The molecular formula is C8H9BrClN3O. The first-order valence-electron chi connectivity index (χ1n) is 3.87. The Morgan fingerprint density at radius 1 is 1.79 bits per heavy atom. The zero-order valence-corrected chi connectivity index (χ0v) is 9.76. The van der Waals surface area contributed by atoms with Crippen molar-refractivity contribution in [2.45, 2.75) is 13.0 Å². The largest absolute Gasteiger partial charge is 0.368 e. The minimum atomic E-state index is -0.499. The minimum absolute atomic E-state index is 0.437. The van der Waals surface area contributed by atoms with Crippen LogP contribution < -0.4 is 11.1 Å². The first-order chi connectivity index (χ1) is 6.50. The highest BCUT2D eigenvalue weighted by Gasteiger charge is 2.10. The molecule has 1 aromatic rings. The van der Waals surface area contributed by atoms with Crippen LogP contribution in [-0.2, 0) is 4.79 Å². The predicted molar refractivity (Wildman–Crippen MR) is 59.2 cm³/mol. The molecule has 1 unspecified atom stereocenters. The van der Waals surface area contributed by atoms with Gasteiger partial charge in [-0.25, -0.2) is 4.98 Å². The van der Waals surface area contributed by atoms with E-state index < -0.39 is 11.9 Å². The van der Waals surface area contributed by atoms with E-state index in [1.165, 1.54) is 0 Å². The van der Waals surface area contributed by atoms with Crippen LogP contribution in [0.4, 0.5) is 5.82 Å². The van der Waals surface area contributed by atoms with Crippen LogP contribution in [0.3, 0.4) is 0 Å². The van der Waals surface area contributed by atoms with Crippen molar-refractivity contribution < 1.29 is 4.79 Å². The molecule has 0 fully saturated rings. The number of nitrogens with zero attached hydrogens (tertiary/aromatic N) is 1. The van der Waals surface area contributed by atoms with Gasteiger partial charge in [0.2, 0.25) is 5.91 Å². The molecule has 0 aliphatic rings. The maximum Gasteiger partial charge on any atom is 0.239 e. The lowest BCUT2D eigenvalue weighted by Crippen LogP contribution is -2.32. The molecule has 1 amide bonds. The van der Waals surface area contributed by atoms with Crippen LogP contribution in [0.2, 0.25) is 5.02 Å². The monoisotopic (exact) mass is 277 g/mol. The van der Waals surface area contributed by atoms with Gasteiger partial charge in [-0.3, -0.25) is 4.79 Å². The Labute approximate surface area is 95.0 Å². The second-order valence-electron chi connectivity index (χ2n) is 2.75. The molecule has 1 heterocycles. The lowest BCUT2D eigenvalue weighted by molar-refractivity contribution is -0.118. The summed E-state index contributed by atoms with van der Waals surface area (Å²) >= 11 is 9.10. The number of carbonyl (C=O) groups excluding carboxylic acids is 1. The van der Waals surface area contributed by atoms with E-state index in [0.717, 1.165) is 4.47 Å². The van der Waals surface area contributed by atoms with E-state index in [1.807, 2.05) is 0 Å². The molecule has 0 bridgehead atoms. The topological polar surface area (TPSA) is 68.0 Å². The summed E-state index contributed by atoms with van der Waals surface area (Å²) < 4.78 is 0.778. The molecule has 0 spiro atoms. The Morgan fingerprint density at radius 3 is 2.93 bits per heavy atom. The van der Waals surface area contributed by atoms with Crippen LogP contribution in [0.15, 0.2) is 16.7 Å². The SMILES string of the molecule is CC(Nc1ncc(Br)cc1Cl)C(N)=O. The average Bonchev–Trinajstić information content (AvgIpc) is 2.09. The number of amides is 1. The van der Waals surface area contributed by atoms with E-state index in [0.29, 0.717) is 10.8 Å². The highest BCUT2D eigenvalue weighted by molar-refractivity contribution is 9.10. The molecule has 1 aromatic heterocycles. The Kier molecular flexibility index (Phi) is 3.71. The summed E-state index contributed by atoms with van der Waals surface area (Å²) in [6.45, 7) is 1.64. The Bertz CT molecular complexity index is 358. The van der Waals surface area contributed by atoms with Crippen molar-refractivity contribution in [3.63, 3.8) is 0 Å². The molecule has 4 nitrogen and oxygen atoms in total.